The van der Waals surface area contributed by atoms with Crippen molar-refractivity contribution in [3.05, 3.63) is 59.5 Å². The quantitative estimate of drug-likeness (QED) is 0.709. The lowest BCUT2D eigenvalue weighted by Crippen LogP contribution is -2.11. The molecule has 0 aliphatic heterocycles. The number of benzene rings is 2. The number of anilines is 1. The van der Waals surface area contributed by atoms with Crippen molar-refractivity contribution in [1.82, 2.24) is 4.98 Å². The van der Waals surface area contributed by atoms with Crippen LogP contribution in [-0.2, 0) is 0 Å². The summed E-state index contributed by atoms with van der Waals surface area (Å²) >= 11 is 1.39. The molecule has 2 aromatic carbocycles. The molecular weight excluding hydrogens is 336 g/mol. The second-order valence-corrected chi connectivity index (χ2v) is 6.04. The Morgan fingerprint density at radius 2 is 1.96 bits per heavy atom. The van der Waals surface area contributed by atoms with E-state index in [-0.39, 0.29) is 5.91 Å². The number of methoxy groups -OCH3 is 1. The first-order valence-corrected chi connectivity index (χ1v) is 8.71. The molecule has 0 unspecified atom stereocenters. The van der Waals surface area contributed by atoms with Gasteiger partial charge in [-0.05, 0) is 49.4 Å². The molecule has 3 aromatic rings. The predicted octanol–water partition coefficient (Wildman–Crippen LogP) is 4.47. The average Bonchev–Trinajstić information content (AvgIpc) is 3.11. The van der Waals surface area contributed by atoms with Crippen LogP contribution >= 0.6 is 11.3 Å². The Hall–Kier alpha value is -2.86. The lowest BCUT2D eigenvalue weighted by Gasteiger charge is -2.04. The van der Waals surface area contributed by atoms with Crippen molar-refractivity contribution in [2.45, 2.75) is 6.92 Å². The highest BCUT2D eigenvalue weighted by Crippen LogP contribution is 2.27. The molecule has 0 bridgehead atoms. The molecule has 5 nitrogen and oxygen atoms in total. The number of ether oxygens (including phenoxy) is 2. The van der Waals surface area contributed by atoms with E-state index >= 15 is 0 Å². The van der Waals surface area contributed by atoms with Crippen molar-refractivity contribution in [1.29, 1.82) is 0 Å². The number of nitrogens with zero attached hydrogens (tertiary/aromatic N) is 1. The third kappa shape index (κ3) is 4.16. The summed E-state index contributed by atoms with van der Waals surface area (Å²) in [6.45, 7) is 2.59. The molecule has 0 saturated heterocycles. The van der Waals surface area contributed by atoms with E-state index in [4.69, 9.17) is 9.47 Å². The molecule has 6 heteroatoms. The molecule has 0 fully saturated rings. The summed E-state index contributed by atoms with van der Waals surface area (Å²) in [6, 6.07) is 14.7. The second kappa shape index (κ2) is 7.81. The van der Waals surface area contributed by atoms with Gasteiger partial charge in [0.2, 0.25) is 0 Å². The highest BCUT2D eigenvalue weighted by atomic mass is 32.1. The molecular formula is C19H18N2O3S. The third-order valence-electron chi connectivity index (χ3n) is 3.52. The maximum Gasteiger partial charge on any atom is 0.257 e. The Kier molecular flexibility index (Phi) is 5.30. The number of thiazole rings is 1. The summed E-state index contributed by atoms with van der Waals surface area (Å²) in [7, 11) is 1.57. The molecule has 1 aromatic heterocycles. The van der Waals surface area contributed by atoms with Gasteiger partial charge in [-0.3, -0.25) is 10.1 Å². The maximum atomic E-state index is 12.3. The van der Waals surface area contributed by atoms with Gasteiger partial charge in [0.1, 0.15) is 11.5 Å². The van der Waals surface area contributed by atoms with Gasteiger partial charge in [0, 0.05) is 16.5 Å². The first-order valence-electron chi connectivity index (χ1n) is 7.83. The molecule has 1 heterocycles. The fourth-order valence-corrected chi connectivity index (χ4v) is 3.00. The Balaban J connectivity index is 1.71. The van der Waals surface area contributed by atoms with Gasteiger partial charge in [-0.25, -0.2) is 4.98 Å². The number of hydrogen-bond donors (Lipinski definition) is 1. The normalized spacial score (nSPS) is 10.3. The Labute approximate surface area is 150 Å². The molecule has 0 atom stereocenters. The van der Waals surface area contributed by atoms with E-state index in [2.05, 4.69) is 10.3 Å². The minimum Gasteiger partial charge on any atom is -0.497 e. The van der Waals surface area contributed by atoms with Crippen LogP contribution < -0.4 is 14.8 Å². The highest BCUT2D eigenvalue weighted by molar-refractivity contribution is 7.14. The number of carbonyl (C=O) groups is 1. The van der Waals surface area contributed by atoms with Gasteiger partial charge in [-0.1, -0.05) is 6.07 Å². The number of nitrogens with one attached hydrogen (secondary N) is 1. The van der Waals surface area contributed by atoms with Gasteiger partial charge < -0.3 is 9.47 Å². The minimum absolute atomic E-state index is 0.216. The zero-order valence-electron chi connectivity index (χ0n) is 14.0. The molecule has 1 N–H and O–H groups in total. The first-order chi connectivity index (χ1) is 12.2. The minimum atomic E-state index is -0.216. The lowest BCUT2D eigenvalue weighted by molar-refractivity contribution is 0.102. The van der Waals surface area contributed by atoms with E-state index in [1.54, 1.807) is 31.4 Å². The van der Waals surface area contributed by atoms with Crippen LogP contribution in [0.15, 0.2) is 53.9 Å². The summed E-state index contributed by atoms with van der Waals surface area (Å²) in [5.41, 5.74) is 2.31. The Morgan fingerprint density at radius 3 is 2.68 bits per heavy atom. The molecule has 0 aliphatic carbocycles. The van der Waals surface area contributed by atoms with Crippen molar-refractivity contribution in [2.24, 2.45) is 0 Å². The van der Waals surface area contributed by atoms with E-state index in [0.717, 1.165) is 17.0 Å². The molecule has 0 radical (unpaired) electrons. The van der Waals surface area contributed by atoms with E-state index in [0.29, 0.717) is 23.1 Å². The first kappa shape index (κ1) is 17.0. The second-order valence-electron chi connectivity index (χ2n) is 5.18. The van der Waals surface area contributed by atoms with Gasteiger partial charge >= 0.3 is 0 Å². The largest absolute Gasteiger partial charge is 0.497 e. The molecule has 25 heavy (non-hydrogen) atoms. The molecule has 0 saturated carbocycles. The Bertz CT molecular complexity index is 859. The van der Waals surface area contributed by atoms with Gasteiger partial charge in [0.15, 0.2) is 5.13 Å². The lowest BCUT2D eigenvalue weighted by atomic mass is 10.2. The molecule has 0 spiro atoms. The Morgan fingerprint density at radius 1 is 1.16 bits per heavy atom. The number of rotatable bonds is 6. The van der Waals surface area contributed by atoms with Crippen molar-refractivity contribution in [3.63, 3.8) is 0 Å². The van der Waals surface area contributed by atoms with Gasteiger partial charge in [0.25, 0.3) is 5.91 Å². The van der Waals surface area contributed by atoms with Crippen LogP contribution in [0.3, 0.4) is 0 Å². The van der Waals surface area contributed by atoms with Crippen LogP contribution in [-0.4, -0.2) is 24.6 Å². The van der Waals surface area contributed by atoms with Gasteiger partial charge in [0.05, 0.1) is 19.4 Å². The zero-order valence-corrected chi connectivity index (χ0v) is 14.8. The fraction of sp³-hybridized carbons (Fsp3) is 0.158. The van der Waals surface area contributed by atoms with Crippen molar-refractivity contribution in [3.8, 4) is 22.8 Å². The van der Waals surface area contributed by atoms with Crippen molar-refractivity contribution in [2.75, 3.05) is 19.0 Å². The number of amides is 1. The fourth-order valence-electron chi connectivity index (χ4n) is 2.29. The number of carbonyl (C=O) groups excluding carboxylic acids is 1. The summed E-state index contributed by atoms with van der Waals surface area (Å²) in [5, 5.41) is 5.29. The monoisotopic (exact) mass is 354 g/mol. The summed E-state index contributed by atoms with van der Waals surface area (Å²) < 4.78 is 10.6. The van der Waals surface area contributed by atoms with Gasteiger partial charge in [-0.2, -0.15) is 0 Å². The highest BCUT2D eigenvalue weighted by Gasteiger charge is 2.11. The van der Waals surface area contributed by atoms with Crippen LogP contribution in [0.5, 0.6) is 11.5 Å². The van der Waals surface area contributed by atoms with Crippen molar-refractivity contribution < 1.29 is 14.3 Å². The van der Waals surface area contributed by atoms with E-state index in [9.17, 15) is 4.79 Å². The molecule has 3 rings (SSSR count). The van der Waals surface area contributed by atoms with Crippen LogP contribution in [0.25, 0.3) is 11.3 Å². The maximum absolute atomic E-state index is 12.3. The molecule has 0 aliphatic rings. The van der Waals surface area contributed by atoms with E-state index < -0.39 is 0 Å². The smallest absolute Gasteiger partial charge is 0.257 e. The van der Waals surface area contributed by atoms with Crippen LogP contribution in [0.2, 0.25) is 0 Å². The zero-order chi connectivity index (χ0) is 17.6. The van der Waals surface area contributed by atoms with Gasteiger partial charge in [-0.15, -0.1) is 11.3 Å². The standard InChI is InChI=1S/C19H18N2O3S/c1-3-24-15-9-7-13(8-10-15)17-12-25-19(20-17)21-18(22)14-5-4-6-16(11-14)23-2/h4-12H,3H2,1-2H3,(H,20,21,22). The number of aromatic nitrogens is 1. The van der Waals surface area contributed by atoms with E-state index in [1.807, 2.05) is 36.6 Å². The van der Waals surface area contributed by atoms with Crippen molar-refractivity contribution >= 4 is 22.4 Å². The summed E-state index contributed by atoms with van der Waals surface area (Å²) in [6.07, 6.45) is 0. The van der Waals surface area contributed by atoms with Crippen LogP contribution in [0.4, 0.5) is 5.13 Å². The average molecular weight is 354 g/mol. The predicted molar refractivity (Wildman–Crippen MR) is 99.7 cm³/mol. The van der Waals surface area contributed by atoms with Crippen LogP contribution in [0, 0.1) is 0 Å². The SMILES string of the molecule is CCOc1ccc(-c2csc(NC(=O)c3cccc(OC)c3)n2)cc1. The van der Waals surface area contributed by atoms with E-state index in [1.165, 1.54) is 11.3 Å². The summed E-state index contributed by atoms with van der Waals surface area (Å²) in [5.74, 6) is 1.25. The summed E-state index contributed by atoms with van der Waals surface area (Å²) in [4.78, 5) is 16.8. The molecule has 128 valence electrons. The number of hydrogen-bond acceptors (Lipinski definition) is 5. The third-order valence-corrected chi connectivity index (χ3v) is 4.28. The van der Waals surface area contributed by atoms with Crippen LogP contribution in [0.1, 0.15) is 17.3 Å². The topological polar surface area (TPSA) is 60.5 Å². The molecule has 1 amide bonds.